The van der Waals surface area contributed by atoms with Crippen molar-refractivity contribution in [1.29, 1.82) is 0 Å². The van der Waals surface area contributed by atoms with Gasteiger partial charge in [-0.05, 0) is 23.5 Å². The second-order valence-electron chi connectivity index (χ2n) is 8.77. The maximum atomic E-state index is 12.9. The van der Waals surface area contributed by atoms with Crippen LogP contribution in [0.25, 0.3) is 10.6 Å². The molecule has 8 nitrogen and oxygen atoms in total. The Labute approximate surface area is 201 Å². The van der Waals surface area contributed by atoms with Crippen LogP contribution in [0.5, 0.6) is 0 Å². The van der Waals surface area contributed by atoms with Crippen LogP contribution in [-0.4, -0.2) is 69.7 Å². The van der Waals surface area contributed by atoms with Gasteiger partial charge in [-0.3, -0.25) is 9.69 Å². The van der Waals surface area contributed by atoms with Crippen molar-refractivity contribution in [2.24, 2.45) is 11.8 Å². The molecule has 10 heteroatoms. The van der Waals surface area contributed by atoms with Gasteiger partial charge < -0.3 is 9.80 Å². The molecule has 5 rings (SSSR count). The van der Waals surface area contributed by atoms with Gasteiger partial charge in [-0.2, -0.15) is 9.78 Å². The van der Waals surface area contributed by atoms with E-state index in [0.717, 1.165) is 40.8 Å². The predicted octanol–water partition coefficient (Wildman–Crippen LogP) is 3.67. The van der Waals surface area contributed by atoms with Crippen LogP contribution in [0.1, 0.15) is 12.5 Å². The number of aromatic nitrogens is 3. The minimum atomic E-state index is -0.139. The van der Waals surface area contributed by atoms with E-state index in [-0.39, 0.29) is 11.9 Å². The summed E-state index contributed by atoms with van der Waals surface area (Å²) in [6.45, 7) is 5.60. The fourth-order valence-corrected chi connectivity index (χ4v) is 5.58. The molecule has 2 aliphatic heterocycles. The molecule has 0 spiro atoms. The second kappa shape index (κ2) is 8.89. The second-order valence-corrected chi connectivity index (χ2v) is 10.1. The molecule has 172 valence electrons. The first-order valence-electron chi connectivity index (χ1n) is 10.9. The van der Waals surface area contributed by atoms with Crippen molar-refractivity contribution >= 4 is 40.6 Å². The van der Waals surface area contributed by atoms with Gasteiger partial charge in [0, 0.05) is 68.9 Å². The van der Waals surface area contributed by atoms with E-state index in [1.54, 1.807) is 37.0 Å². The highest BCUT2D eigenvalue weighted by atomic mass is 35.5. The Hall–Kier alpha value is -2.75. The minimum absolute atomic E-state index is 0.101. The maximum absolute atomic E-state index is 12.9. The van der Waals surface area contributed by atoms with E-state index < -0.39 is 0 Å². The van der Waals surface area contributed by atoms with Crippen LogP contribution in [0.3, 0.4) is 0 Å². The number of amides is 2. The third-order valence-electron chi connectivity index (χ3n) is 6.58. The highest BCUT2D eigenvalue weighted by Crippen LogP contribution is 2.34. The van der Waals surface area contributed by atoms with Crippen molar-refractivity contribution in [2.45, 2.75) is 13.5 Å². The minimum Gasteiger partial charge on any atom is -0.322 e. The van der Waals surface area contributed by atoms with Crippen LogP contribution in [0.15, 0.2) is 42.2 Å². The molecule has 0 saturated carbocycles. The monoisotopic (exact) mass is 484 g/mol. The molecule has 2 amide bonds. The summed E-state index contributed by atoms with van der Waals surface area (Å²) in [6.07, 6.45) is 4.96. The van der Waals surface area contributed by atoms with Crippen molar-refractivity contribution in [3.8, 4) is 10.6 Å². The van der Waals surface area contributed by atoms with Gasteiger partial charge in [0.15, 0.2) is 0 Å². The van der Waals surface area contributed by atoms with Gasteiger partial charge in [0.05, 0.1) is 18.1 Å². The number of fused-ring (bicyclic) bond motifs is 1. The van der Waals surface area contributed by atoms with Crippen molar-refractivity contribution in [2.75, 3.05) is 38.1 Å². The fraction of sp³-hybridized carbons (Fsp3) is 0.391. The average Bonchev–Trinajstić information content (AvgIpc) is 3.57. The van der Waals surface area contributed by atoms with Crippen LogP contribution in [-0.2, 0) is 11.3 Å². The van der Waals surface area contributed by atoms with Gasteiger partial charge in [-0.15, -0.1) is 11.3 Å². The lowest BCUT2D eigenvalue weighted by atomic mass is 10.0. The topological polar surface area (TPSA) is 74.6 Å². The average molecular weight is 485 g/mol. The normalized spacial score (nSPS) is 20.3. The molecule has 0 aliphatic carbocycles. The number of nitrogens with zero attached hydrogens (tertiary/aromatic N) is 6. The predicted molar refractivity (Wildman–Crippen MR) is 128 cm³/mol. The molecule has 2 atom stereocenters. The van der Waals surface area contributed by atoms with Gasteiger partial charge in [0.1, 0.15) is 5.01 Å². The van der Waals surface area contributed by atoms with Gasteiger partial charge in [0.2, 0.25) is 5.91 Å². The van der Waals surface area contributed by atoms with Crippen molar-refractivity contribution in [1.82, 2.24) is 24.6 Å². The molecule has 2 aromatic heterocycles. The summed E-state index contributed by atoms with van der Waals surface area (Å²) < 4.78 is 1.33. The molecule has 0 N–H and O–H groups in total. The lowest BCUT2D eigenvalue weighted by molar-refractivity contribution is -0.116. The number of halogens is 1. The number of hydrogen-bond acceptors (Lipinski definition) is 6. The summed E-state index contributed by atoms with van der Waals surface area (Å²) in [5, 5.41) is 7.87. The molecular formula is C23H25ClN6O2S. The number of carbonyl (C=O) groups is 2. The van der Waals surface area contributed by atoms with E-state index in [0.29, 0.717) is 30.6 Å². The molecule has 33 heavy (non-hydrogen) atoms. The first-order chi connectivity index (χ1) is 15.9. The highest BCUT2D eigenvalue weighted by molar-refractivity contribution is 7.13. The van der Waals surface area contributed by atoms with Crippen molar-refractivity contribution in [3.05, 3.63) is 52.8 Å². The maximum Gasteiger partial charge on any atom is 0.344 e. The van der Waals surface area contributed by atoms with Crippen LogP contribution in [0, 0.1) is 11.8 Å². The Morgan fingerprint density at radius 2 is 1.97 bits per heavy atom. The van der Waals surface area contributed by atoms with Crippen LogP contribution >= 0.6 is 22.9 Å². The lowest BCUT2D eigenvalue weighted by Gasteiger charge is -2.22. The molecule has 2 fully saturated rings. The quantitative estimate of drug-likeness (QED) is 0.564. The largest absolute Gasteiger partial charge is 0.344 e. The zero-order valence-corrected chi connectivity index (χ0v) is 20.1. The van der Waals surface area contributed by atoms with Crippen LogP contribution in [0.4, 0.5) is 10.5 Å². The smallest absolute Gasteiger partial charge is 0.322 e. The summed E-state index contributed by atoms with van der Waals surface area (Å²) >= 11 is 8.19. The molecule has 2 saturated heterocycles. The zero-order valence-electron chi connectivity index (χ0n) is 18.5. The highest BCUT2D eigenvalue weighted by Gasteiger charge is 2.42. The Bertz CT molecular complexity index is 1170. The Kier molecular flexibility index (Phi) is 5.94. The molecule has 4 heterocycles. The first kappa shape index (κ1) is 22.1. The summed E-state index contributed by atoms with van der Waals surface area (Å²) in [5.74, 6) is 0.783. The van der Waals surface area contributed by atoms with E-state index in [2.05, 4.69) is 27.1 Å². The van der Waals surface area contributed by atoms with E-state index >= 15 is 0 Å². The number of likely N-dealkylation sites (tertiary alicyclic amines) is 2. The molecule has 2 unspecified atom stereocenters. The molecular weight excluding hydrogens is 460 g/mol. The number of anilines is 1. The summed E-state index contributed by atoms with van der Waals surface area (Å²) in [4.78, 5) is 34.6. The molecule has 2 aliphatic rings. The van der Waals surface area contributed by atoms with Gasteiger partial charge in [-0.1, -0.05) is 23.7 Å². The fourth-order valence-electron chi connectivity index (χ4n) is 4.71. The number of carbonyl (C=O) groups excluding carboxylic acids is 2. The van der Waals surface area contributed by atoms with E-state index in [1.807, 2.05) is 16.3 Å². The molecule has 0 bridgehead atoms. The zero-order chi connectivity index (χ0) is 23.1. The van der Waals surface area contributed by atoms with Crippen molar-refractivity contribution < 1.29 is 9.59 Å². The summed E-state index contributed by atoms with van der Waals surface area (Å²) in [5.41, 5.74) is 2.77. The van der Waals surface area contributed by atoms with Gasteiger partial charge >= 0.3 is 6.03 Å². The number of benzene rings is 1. The standard InChI is InChI=1S/C23H25ClN6O2S/c1-15(31)27(2)20-8-26-30(14-20)23(32)29-12-18-10-28(11-19(18)13-29)9-17-4-3-16(7-21(17)24)22-25-5-6-33-22/h3-8,14,18-19H,9-13H2,1-2H3. The van der Waals surface area contributed by atoms with Crippen LogP contribution in [0.2, 0.25) is 5.02 Å². The Morgan fingerprint density at radius 1 is 1.21 bits per heavy atom. The number of hydrogen-bond donors (Lipinski definition) is 0. The van der Waals surface area contributed by atoms with E-state index in [4.69, 9.17) is 11.6 Å². The van der Waals surface area contributed by atoms with Gasteiger partial charge in [-0.25, -0.2) is 9.78 Å². The van der Waals surface area contributed by atoms with Crippen molar-refractivity contribution in [3.63, 3.8) is 0 Å². The SMILES string of the molecule is CC(=O)N(C)c1cnn(C(=O)N2CC3CN(Cc4ccc(-c5nccs5)cc4Cl)CC3C2)c1. The Balaban J connectivity index is 1.18. The number of thiazole rings is 1. The third kappa shape index (κ3) is 4.40. The lowest BCUT2D eigenvalue weighted by Crippen LogP contribution is -2.36. The van der Waals surface area contributed by atoms with E-state index in [9.17, 15) is 9.59 Å². The number of rotatable bonds is 4. The third-order valence-corrected chi connectivity index (χ3v) is 7.76. The summed E-state index contributed by atoms with van der Waals surface area (Å²) in [6, 6.07) is 6.03. The van der Waals surface area contributed by atoms with Gasteiger partial charge in [0.25, 0.3) is 0 Å². The summed E-state index contributed by atoms with van der Waals surface area (Å²) in [7, 11) is 1.67. The van der Waals surface area contributed by atoms with Crippen LogP contribution < -0.4 is 4.90 Å². The van der Waals surface area contributed by atoms with E-state index in [1.165, 1.54) is 16.5 Å². The first-order valence-corrected chi connectivity index (χ1v) is 12.1. The molecule has 0 radical (unpaired) electrons. The molecule has 3 aromatic rings. The molecule has 1 aromatic carbocycles. The Morgan fingerprint density at radius 3 is 2.61 bits per heavy atom.